The smallest absolute Gasteiger partial charge is 0.228 e. The molecule has 1 aromatic heterocycles. The summed E-state index contributed by atoms with van der Waals surface area (Å²) in [6.07, 6.45) is -0.604. The largest absolute Gasteiger partial charge is 0.394 e. The predicted molar refractivity (Wildman–Crippen MR) is 53.5 cm³/mol. The van der Waals surface area contributed by atoms with Gasteiger partial charge in [0.25, 0.3) is 0 Å². The van der Waals surface area contributed by atoms with E-state index in [-0.39, 0.29) is 11.6 Å². The maximum Gasteiger partial charge on any atom is 0.228 e. The van der Waals surface area contributed by atoms with Crippen molar-refractivity contribution >= 4 is 11.9 Å². The first-order chi connectivity index (χ1) is 7.61. The minimum atomic E-state index is -1.27. The van der Waals surface area contributed by atoms with Crippen molar-refractivity contribution in [3.05, 3.63) is 11.9 Å². The van der Waals surface area contributed by atoms with E-state index in [1.165, 1.54) is 0 Å². The minimum Gasteiger partial charge on any atom is -0.394 e. The van der Waals surface area contributed by atoms with Gasteiger partial charge < -0.3 is 19.9 Å². The Hall–Kier alpha value is -1.44. The van der Waals surface area contributed by atoms with E-state index in [9.17, 15) is 15.0 Å². The fraction of sp³-hybridized carbons (Fsp3) is 0.556. The third-order valence-corrected chi connectivity index (χ3v) is 2.48. The van der Waals surface area contributed by atoms with Crippen LogP contribution in [0, 0.1) is 0 Å². The lowest BCUT2D eigenvalue weighted by atomic mass is 10.2. The van der Waals surface area contributed by atoms with E-state index in [4.69, 9.17) is 5.11 Å². The second kappa shape index (κ2) is 4.20. The van der Waals surface area contributed by atoms with Crippen molar-refractivity contribution in [1.29, 1.82) is 0 Å². The van der Waals surface area contributed by atoms with Gasteiger partial charge in [-0.1, -0.05) is 0 Å². The number of aliphatic hydroxyl groups excluding tert-OH is 3. The molecular formula is C9H13N3O4. The summed E-state index contributed by atoms with van der Waals surface area (Å²) < 4.78 is 1.68. The topological polar surface area (TPSA) is 108 Å². The summed E-state index contributed by atoms with van der Waals surface area (Å²) in [5, 5.41) is 30.1. The Kier molecular flexibility index (Phi) is 2.90. The highest BCUT2D eigenvalue weighted by molar-refractivity contribution is 5.90. The van der Waals surface area contributed by atoms with Gasteiger partial charge in [0.05, 0.1) is 12.3 Å². The molecule has 2 heterocycles. The number of amides is 1. The van der Waals surface area contributed by atoms with Gasteiger partial charge in [0.2, 0.25) is 11.9 Å². The number of carbonyl (C=O) groups excluding carboxylic acids is 1. The van der Waals surface area contributed by atoms with Crippen molar-refractivity contribution < 1.29 is 20.1 Å². The zero-order valence-corrected chi connectivity index (χ0v) is 8.50. The minimum absolute atomic E-state index is 0.123. The molecule has 88 valence electrons. The molecule has 0 fully saturated rings. The van der Waals surface area contributed by atoms with Crippen molar-refractivity contribution in [3.8, 4) is 0 Å². The third-order valence-electron chi connectivity index (χ3n) is 2.48. The molecule has 1 aliphatic rings. The fourth-order valence-corrected chi connectivity index (χ4v) is 1.56. The first kappa shape index (κ1) is 11.1. The quantitative estimate of drug-likeness (QED) is 0.508. The molecule has 2 atom stereocenters. The summed E-state index contributed by atoms with van der Waals surface area (Å²) in [7, 11) is 0. The summed E-state index contributed by atoms with van der Waals surface area (Å²) in [6, 6.07) is 0. The van der Waals surface area contributed by atoms with Gasteiger partial charge in [-0.25, -0.2) is 4.98 Å². The number of aryl methyl sites for hydroxylation is 1. The van der Waals surface area contributed by atoms with Crippen LogP contribution in [0.3, 0.4) is 0 Å². The van der Waals surface area contributed by atoms with Crippen LogP contribution in [0.4, 0.5) is 5.95 Å². The highest BCUT2D eigenvalue weighted by atomic mass is 16.4. The van der Waals surface area contributed by atoms with E-state index < -0.39 is 18.8 Å². The molecule has 7 heteroatoms. The van der Waals surface area contributed by atoms with E-state index >= 15 is 0 Å². The second-order valence-electron chi connectivity index (χ2n) is 3.68. The molecule has 0 aromatic carbocycles. The summed E-state index contributed by atoms with van der Waals surface area (Å²) in [6.45, 7) is -0.0498. The lowest BCUT2D eigenvalue weighted by molar-refractivity contribution is -0.116. The number of nitrogens with zero attached hydrogens (tertiary/aromatic N) is 2. The van der Waals surface area contributed by atoms with E-state index in [2.05, 4.69) is 10.3 Å². The molecular weight excluding hydrogens is 214 g/mol. The van der Waals surface area contributed by atoms with Crippen LogP contribution < -0.4 is 5.32 Å². The fourth-order valence-electron chi connectivity index (χ4n) is 1.56. The molecule has 0 radical (unpaired) electrons. The highest BCUT2D eigenvalue weighted by Crippen LogP contribution is 2.21. The second-order valence-corrected chi connectivity index (χ2v) is 3.68. The molecule has 4 N–H and O–H groups in total. The van der Waals surface area contributed by atoms with Crippen LogP contribution >= 0.6 is 0 Å². The van der Waals surface area contributed by atoms with Crippen molar-refractivity contribution in [3.63, 3.8) is 0 Å². The van der Waals surface area contributed by atoms with Crippen LogP contribution in [-0.4, -0.2) is 43.5 Å². The van der Waals surface area contributed by atoms with Gasteiger partial charge in [-0.05, 0) is 0 Å². The Bertz CT molecular complexity index is 403. The van der Waals surface area contributed by atoms with Crippen molar-refractivity contribution in [1.82, 2.24) is 9.55 Å². The lowest BCUT2D eigenvalue weighted by Gasteiger charge is -2.13. The Balaban J connectivity index is 2.21. The number of anilines is 1. The summed E-state index contributed by atoms with van der Waals surface area (Å²) >= 11 is 0. The molecule has 16 heavy (non-hydrogen) atoms. The first-order valence-corrected chi connectivity index (χ1v) is 4.95. The molecule has 1 aliphatic heterocycles. The van der Waals surface area contributed by atoms with Crippen LogP contribution in [0.15, 0.2) is 6.20 Å². The lowest BCUT2D eigenvalue weighted by Crippen LogP contribution is -2.23. The van der Waals surface area contributed by atoms with Gasteiger partial charge in [-0.2, -0.15) is 0 Å². The zero-order chi connectivity index (χ0) is 11.7. The molecule has 0 unspecified atom stereocenters. The van der Waals surface area contributed by atoms with Gasteiger partial charge in [-0.3, -0.25) is 10.1 Å². The molecule has 1 amide bonds. The molecule has 0 saturated heterocycles. The monoisotopic (exact) mass is 227 g/mol. The van der Waals surface area contributed by atoms with Gasteiger partial charge in [0, 0.05) is 19.2 Å². The number of carbonyl (C=O) groups is 1. The van der Waals surface area contributed by atoms with E-state index in [1.807, 2.05) is 0 Å². The number of fused-ring (bicyclic) bond motifs is 1. The number of imidazole rings is 1. The van der Waals surface area contributed by atoms with Gasteiger partial charge >= 0.3 is 0 Å². The average Bonchev–Trinajstić information content (AvgIpc) is 2.69. The van der Waals surface area contributed by atoms with E-state index in [1.54, 1.807) is 10.8 Å². The Morgan fingerprint density at radius 2 is 2.31 bits per heavy atom. The molecule has 0 spiro atoms. The number of aliphatic hydroxyl groups is 3. The van der Waals surface area contributed by atoms with Crippen molar-refractivity contribution in [2.75, 3.05) is 11.9 Å². The summed E-state index contributed by atoms with van der Waals surface area (Å²) in [4.78, 5) is 15.1. The maximum absolute atomic E-state index is 11.1. The third kappa shape index (κ3) is 1.92. The molecule has 1 aromatic rings. The molecule has 7 nitrogen and oxygen atoms in total. The predicted octanol–water partition coefficient (Wildman–Crippen LogP) is -1.39. The highest BCUT2D eigenvalue weighted by Gasteiger charge is 2.24. The van der Waals surface area contributed by atoms with Gasteiger partial charge in [0.15, 0.2) is 0 Å². The SMILES string of the molecule is O=C1CCn2cc([C@H](O)[C@H](O)CO)nc2N1. The molecule has 0 bridgehead atoms. The van der Waals surface area contributed by atoms with Crippen LogP contribution in [-0.2, 0) is 11.3 Å². The van der Waals surface area contributed by atoms with Crippen molar-refractivity contribution in [2.45, 2.75) is 25.2 Å². The summed E-state index contributed by atoms with van der Waals surface area (Å²) in [5.41, 5.74) is 0.235. The number of hydrogen-bond acceptors (Lipinski definition) is 5. The number of rotatable bonds is 3. The zero-order valence-electron chi connectivity index (χ0n) is 8.50. The van der Waals surface area contributed by atoms with Crippen LogP contribution in [0.5, 0.6) is 0 Å². The van der Waals surface area contributed by atoms with Crippen LogP contribution in [0.25, 0.3) is 0 Å². The Morgan fingerprint density at radius 1 is 1.56 bits per heavy atom. The van der Waals surface area contributed by atoms with Gasteiger partial charge in [-0.15, -0.1) is 0 Å². The average molecular weight is 227 g/mol. The Morgan fingerprint density at radius 3 is 3.00 bits per heavy atom. The Labute approximate surface area is 91.3 Å². The normalized spacial score (nSPS) is 18.8. The molecule has 0 aliphatic carbocycles. The number of aromatic nitrogens is 2. The maximum atomic E-state index is 11.1. The standard InChI is InChI=1S/C9H13N3O4/c13-4-6(14)8(16)5-3-12-2-1-7(15)11-9(12)10-5/h3,6,8,13-14,16H,1-2,4H2,(H,10,11,15)/t6-,8+/m1/s1. The van der Waals surface area contributed by atoms with Gasteiger partial charge in [0.1, 0.15) is 12.2 Å². The first-order valence-electron chi connectivity index (χ1n) is 4.95. The number of hydrogen-bond donors (Lipinski definition) is 4. The number of nitrogens with one attached hydrogen (secondary N) is 1. The van der Waals surface area contributed by atoms with Crippen LogP contribution in [0.2, 0.25) is 0 Å². The van der Waals surface area contributed by atoms with E-state index in [0.717, 1.165) is 0 Å². The van der Waals surface area contributed by atoms with E-state index in [0.29, 0.717) is 18.9 Å². The van der Waals surface area contributed by atoms with Crippen LogP contribution in [0.1, 0.15) is 18.2 Å². The summed E-state index contributed by atoms with van der Waals surface area (Å²) in [5.74, 6) is 0.234. The van der Waals surface area contributed by atoms with Crippen molar-refractivity contribution in [2.24, 2.45) is 0 Å². The molecule has 2 rings (SSSR count). The molecule has 0 saturated carbocycles.